The van der Waals surface area contributed by atoms with Crippen molar-refractivity contribution in [3.63, 3.8) is 0 Å². The van der Waals surface area contributed by atoms with E-state index in [1.165, 1.54) is 442 Å². The third-order valence-corrected chi connectivity index (χ3v) is 34.4. The molecule has 0 N–H and O–H groups in total. The third-order valence-electron chi connectivity index (χ3n) is 34.4. The van der Waals surface area contributed by atoms with Crippen LogP contribution in [0, 0.1) is 0 Å². The largest absolute Gasteiger partial charge is 0.310 e. The molecule has 0 saturated heterocycles. The first-order valence-electron chi connectivity index (χ1n) is 60.8. The molecule has 0 spiro atoms. The average Bonchev–Trinajstić information content (AvgIpc) is 1.49. The number of aryl methyl sites for hydroxylation is 6. The summed E-state index contributed by atoms with van der Waals surface area (Å²) in [4.78, 5) is 5.05. The van der Waals surface area contributed by atoms with Crippen LogP contribution < -0.4 is 9.80 Å². The van der Waals surface area contributed by atoms with Gasteiger partial charge in [0.1, 0.15) is 0 Å². The Balaban J connectivity index is 0.937. The molecule has 3 aliphatic rings. The summed E-state index contributed by atoms with van der Waals surface area (Å²) in [7, 11) is 0. The molecule has 0 amide bonds. The van der Waals surface area contributed by atoms with Crippen molar-refractivity contribution in [3.05, 3.63) is 428 Å². The smallest absolute Gasteiger partial charge is 0.0714 e. The van der Waals surface area contributed by atoms with Crippen LogP contribution >= 0.6 is 0 Å². The summed E-state index contributed by atoms with van der Waals surface area (Å²) >= 11 is 0. The number of para-hydroxylation sites is 4. The Morgan fingerprint density at radius 2 is 0.289 bits per heavy atom. The molecule has 14 aromatic carbocycles. The number of unbranched alkanes of at least 4 members (excludes halogenated alkanes) is 42. The molecule has 0 aromatic heterocycles. The van der Waals surface area contributed by atoms with E-state index in [1.807, 2.05) is 0 Å². The molecule has 17 rings (SSSR count). The summed E-state index contributed by atoms with van der Waals surface area (Å²) in [5.41, 5.74) is 36.9. The van der Waals surface area contributed by atoms with Crippen LogP contribution in [0.4, 0.5) is 34.1 Å². The minimum Gasteiger partial charge on any atom is -0.310 e. The molecular formula is C147H180N2. The molecule has 2 nitrogen and oxygen atoms in total. The van der Waals surface area contributed by atoms with Crippen molar-refractivity contribution in [1.82, 2.24) is 0 Å². The zero-order chi connectivity index (χ0) is 102. The van der Waals surface area contributed by atoms with Gasteiger partial charge < -0.3 is 9.80 Å². The van der Waals surface area contributed by atoms with E-state index in [9.17, 15) is 0 Å². The fraction of sp³-hybridized carbons (Fsp3) is 0.429. The highest BCUT2D eigenvalue weighted by Gasteiger charge is 2.55. The molecule has 2 heteroatoms. The second-order valence-electron chi connectivity index (χ2n) is 45.1. The zero-order valence-electron chi connectivity index (χ0n) is 92.8. The molecule has 14 aromatic rings. The number of hydrogen-bond donors (Lipinski definition) is 0. The van der Waals surface area contributed by atoms with Crippen molar-refractivity contribution in [3.8, 4) is 33.4 Å². The van der Waals surface area contributed by atoms with Crippen molar-refractivity contribution in [2.45, 2.75) is 405 Å². The first kappa shape index (κ1) is 109. The van der Waals surface area contributed by atoms with E-state index >= 15 is 0 Å². The molecule has 0 heterocycles. The number of nitrogens with zero attached hydrogens (tertiary/aromatic N) is 2. The van der Waals surface area contributed by atoms with Crippen molar-refractivity contribution >= 4 is 34.1 Å². The second-order valence-corrected chi connectivity index (χ2v) is 45.1. The Hall–Kier alpha value is -11.3. The Bertz CT molecular complexity index is 5710. The monoisotopic (exact) mass is 1970 g/mol. The Morgan fingerprint density at radius 3 is 0.463 bits per heavy atom. The molecule has 3 aliphatic carbocycles. The Morgan fingerprint density at radius 1 is 0.134 bits per heavy atom. The van der Waals surface area contributed by atoms with Gasteiger partial charge in [0.05, 0.1) is 16.2 Å². The van der Waals surface area contributed by atoms with Gasteiger partial charge in [-0.3, -0.25) is 0 Å². The van der Waals surface area contributed by atoms with Crippen LogP contribution in [0.1, 0.15) is 450 Å². The van der Waals surface area contributed by atoms with Gasteiger partial charge in [-0.25, -0.2) is 0 Å². The van der Waals surface area contributed by atoms with Gasteiger partial charge in [-0.2, -0.15) is 0 Å². The van der Waals surface area contributed by atoms with Crippen LogP contribution in [0.3, 0.4) is 0 Å². The summed E-state index contributed by atoms with van der Waals surface area (Å²) in [6, 6.07) is 134. The summed E-state index contributed by atoms with van der Waals surface area (Å²) in [6.07, 6.45) is 69.1. The first-order valence-corrected chi connectivity index (χ1v) is 60.8. The fourth-order valence-corrected chi connectivity index (χ4v) is 26.1. The van der Waals surface area contributed by atoms with Crippen LogP contribution in [0.15, 0.2) is 328 Å². The minimum absolute atomic E-state index is 0.800. The minimum atomic E-state index is -0.809. The van der Waals surface area contributed by atoms with Gasteiger partial charge in [0.2, 0.25) is 0 Å². The standard InChI is InChI=1S/C147H180N2/c1-7-13-19-25-31-37-43-53-67-115-81-93-121(94-82-115)145(122-95-83-116(84-96-122)68-54-44-38-32-26-20-14-8-2)139-109-131(148(127-73-59-49-60-74-127)128-75-61-50-62-76-128)105-107-133(139)135-111-143-137(113-141(135)145)138-114-142-136(112-144(138)147(143,125-101-89-119(90-102-125)71-57-47-41-35-29-23-17-11-5)126-103-91-120(92-104-126)72-58-48-42-36-30-24-18-12-6)134-108-106-132(149(129-77-63-51-64-78-129)130-79-65-52-66-80-130)110-140(134)146(142,123-97-85-117(86-98-123)69-55-45-39-33-27-21-15-9-3)124-99-87-118(88-100-124)70-56-46-40-34-28-22-16-10-4/h49-52,59-66,73-114H,7-48,53-58,67-72H2,1-6H3. The SMILES string of the molecule is CCCCCCCCCCc1ccc(C2(c3ccc(CCCCCCCCCC)cc3)c3cc(N(c4ccccc4)c4ccccc4)ccc3-c3cc4c(cc32)-c2cc3c(cc2C4(c2ccc(CCCCCCCCCC)cc2)c2ccc(CCCCCCCCCC)cc2)-c2ccc(N(c4ccccc4)c4ccccc4)cc2C3(c2ccc(CCCCCCCCCC)cc2)c2ccc(CCCCCCCCCC)cc2)cc1. The molecule has 0 atom stereocenters. The molecule has 0 radical (unpaired) electrons. The lowest BCUT2D eigenvalue weighted by Crippen LogP contribution is -2.30. The van der Waals surface area contributed by atoms with Crippen molar-refractivity contribution in [1.29, 1.82) is 0 Å². The fourth-order valence-electron chi connectivity index (χ4n) is 26.1. The van der Waals surface area contributed by atoms with E-state index in [1.54, 1.807) is 0 Å². The molecule has 0 saturated carbocycles. The lowest BCUT2D eigenvalue weighted by atomic mass is 9.65. The number of fused-ring (bicyclic) bond motifs is 9. The number of rotatable bonds is 66. The van der Waals surface area contributed by atoms with Gasteiger partial charge in [0.25, 0.3) is 0 Å². The van der Waals surface area contributed by atoms with E-state index in [4.69, 9.17) is 0 Å². The van der Waals surface area contributed by atoms with Crippen molar-refractivity contribution < 1.29 is 0 Å². The molecule has 0 unspecified atom stereocenters. The Kier molecular flexibility index (Phi) is 41.4. The lowest BCUT2D eigenvalue weighted by Gasteiger charge is -2.36. The normalized spacial score (nSPS) is 13.2. The molecule has 778 valence electrons. The van der Waals surface area contributed by atoms with Crippen LogP contribution in [0.25, 0.3) is 33.4 Å². The summed E-state index contributed by atoms with van der Waals surface area (Å²) < 4.78 is 0. The predicted octanol–water partition coefficient (Wildman–Crippen LogP) is 43.8. The molecule has 0 aliphatic heterocycles. The van der Waals surface area contributed by atoms with E-state index in [-0.39, 0.29) is 0 Å². The number of hydrogen-bond acceptors (Lipinski definition) is 2. The van der Waals surface area contributed by atoms with Crippen molar-refractivity contribution in [2.24, 2.45) is 0 Å². The van der Waals surface area contributed by atoms with Gasteiger partial charge in [0.15, 0.2) is 0 Å². The molecule has 149 heavy (non-hydrogen) atoms. The maximum Gasteiger partial charge on any atom is 0.0714 e. The van der Waals surface area contributed by atoms with Crippen LogP contribution in [0.5, 0.6) is 0 Å². The van der Waals surface area contributed by atoms with E-state index in [0.717, 1.165) is 72.6 Å². The van der Waals surface area contributed by atoms with Crippen LogP contribution in [-0.4, -0.2) is 0 Å². The van der Waals surface area contributed by atoms with Gasteiger partial charge >= 0.3 is 0 Å². The number of anilines is 6. The highest BCUT2D eigenvalue weighted by atomic mass is 15.1. The molecule has 0 fully saturated rings. The topological polar surface area (TPSA) is 6.48 Å². The quantitative estimate of drug-likeness (QED) is 0.0351. The molecule has 0 bridgehead atoms. The predicted molar refractivity (Wildman–Crippen MR) is 646 cm³/mol. The van der Waals surface area contributed by atoms with Gasteiger partial charge in [-0.1, -0.05) is 542 Å². The van der Waals surface area contributed by atoms with Gasteiger partial charge in [0, 0.05) is 34.1 Å². The zero-order valence-corrected chi connectivity index (χ0v) is 92.8. The van der Waals surface area contributed by atoms with E-state index in [2.05, 4.69) is 379 Å². The second kappa shape index (κ2) is 56.7. The summed E-state index contributed by atoms with van der Waals surface area (Å²) in [5.74, 6) is 0. The number of benzene rings is 14. The van der Waals surface area contributed by atoms with Gasteiger partial charge in [-0.15, -0.1) is 0 Å². The highest BCUT2D eigenvalue weighted by molar-refractivity contribution is 6.00. The summed E-state index contributed by atoms with van der Waals surface area (Å²) in [5, 5.41) is 0. The third kappa shape index (κ3) is 26.4. The summed E-state index contributed by atoms with van der Waals surface area (Å²) in [6.45, 7) is 14.0. The van der Waals surface area contributed by atoms with E-state index in [0.29, 0.717) is 0 Å². The highest BCUT2D eigenvalue weighted by Crippen LogP contribution is 2.67. The van der Waals surface area contributed by atoms with Crippen LogP contribution in [0.2, 0.25) is 0 Å². The lowest BCUT2D eigenvalue weighted by molar-refractivity contribution is 0.575. The van der Waals surface area contributed by atoms with Gasteiger partial charge in [-0.05, 0) is 308 Å². The maximum absolute atomic E-state index is 2.85. The first-order chi connectivity index (χ1) is 73.8. The average molecular weight is 1980 g/mol. The van der Waals surface area contributed by atoms with Crippen LogP contribution in [-0.2, 0) is 54.8 Å². The molecular weight excluding hydrogens is 1790 g/mol. The Labute approximate surface area is 903 Å². The van der Waals surface area contributed by atoms with E-state index < -0.39 is 16.2 Å². The van der Waals surface area contributed by atoms with Crippen molar-refractivity contribution in [2.75, 3.05) is 9.80 Å². The maximum atomic E-state index is 2.85.